The Bertz CT molecular complexity index is 582. The van der Waals surface area contributed by atoms with Gasteiger partial charge in [-0.15, -0.1) is 0 Å². The van der Waals surface area contributed by atoms with E-state index in [1.807, 2.05) is 0 Å². The molecule has 0 fully saturated rings. The van der Waals surface area contributed by atoms with Crippen LogP contribution in [0.15, 0.2) is 42.5 Å². The number of ether oxygens (including phenoxy) is 1. The van der Waals surface area contributed by atoms with Crippen LogP contribution >= 0.6 is 0 Å². The smallest absolute Gasteiger partial charge is 0.248 e. The van der Waals surface area contributed by atoms with Crippen molar-refractivity contribution in [2.75, 3.05) is 0 Å². The number of amides is 1. The highest BCUT2D eigenvalue weighted by Gasteiger charge is 2.08. The molecule has 0 saturated carbocycles. The maximum atomic E-state index is 13.6. The molecule has 5 heteroatoms. The third kappa shape index (κ3) is 2.63. The maximum Gasteiger partial charge on any atom is 0.248 e. The van der Waals surface area contributed by atoms with E-state index in [2.05, 4.69) is 0 Å². The summed E-state index contributed by atoms with van der Waals surface area (Å²) in [7, 11) is 0. The number of carbonyl (C=O) groups is 1. The van der Waals surface area contributed by atoms with Gasteiger partial charge in [-0.2, -0.15) is 0 Å². The average Bonchev–Trinajstić information content (AvgIpc) is 2.34. The predicted octanol–water partition coefficient (Wildman–Crippen LogP) is 2.86. The number of nitrogens with two attached hydrogens (primary N) is 1. The van der Waals surface area contributed by atoms with Gasteiger partial charge < -0.3 is 10.5 Å². The second-order valence-electron chi connectivity index (χ2n) is 3.57. The highest BCUT2D eigenvalue weighted by Crippen LogP contribution is 2.25. The van der Waals surface area contributed by atoms with Crippen LogP contribution in [0.3, 0.4) is 0 Å². The normalized spacial score (nSPS) is 10.1. The monoisotopic (exact) mass is 249 g/mol. The van der Waals surface area contributed by atoms with Gasteiger partial charge >= 0.3 is 0 Å². The quantitative estimate of drug-likeness (QED) is 0.909. The van der Waals surface area contributed by atoms with Crippen molar-refractivity contribution in [2.24, 2.45) is 5.73 Å². The molecule has 3 nitrogen and oxygen atoms in total. The summed E-state index contributed by atoms with van der Waals surface area (Å²) in [6.45, 7) is 0. The first-order chi connectivity index (χ1) is 8.56. The van der Waals surface area contributed by atoms with E-state index < -0.39 is 17.5 Å². The maximum absolute atomic E-state index is 13.6. The van der Waals surface area contributed by atoms with Crippen LogP contribution in [-0.4, -0.2) is 5.91 Å². The summed E-state index contributed by atoms with van der Waals surface area (Å²) in [6.07, 6.45) is 0. The molecule has 0 aliphatic heterocycles. The first kappa shape index (κ1) is 12.0. The predicted molar refractivity (Wildman–Crippen MR) is 61.4 cm³/mol. The molecular weight excluding hydrogens is 240 g/mol. The molecule has 0 aliphatic rings. The summed E-state index contributed by atoms with van der Waals surface area (Å²) >= 11 is 0. The number of benzene rings is 2. The molecule has 2 aromatic rings. The van der Waals surface area contributed by atoms with Crippen molar-refractivity contribution < 1.29 is 18.3 Å². The molecule has 92 valence electrons. The standard InChI is InChI=1S/C13H9F2NO2/c14-9-2-4-10(5-3-9)18-12-6-1-8(13(16)17)7-11(12)15/h1-7H,(H2,16,17). The van der Waals surface area contributed by atoms with Crippen molar-refractivity contribution in [1.82, 2.24) is 0 Å². The van der Waals surface area contributed by atoms with Gasteiger partial charge in [0.2, 0.25) is 5.91 Å². The van der Waals surface area contributed by atoms with Gasteiger partial charge in [-0.1, -0.05) is 0 Å². The van der Waals surface area contributed by atoms with Gasteiger partial charge in [0.05, 0.1) is 0 Å². The zero-order chi connectivity index (χ0) is 13.1. The zero-order valence-corrected chi connectivity index (χ0v) is 9.19. The summed E-state index contributed by atoms with van der Waals surface area (Å²) < 4.78 is 31.4. The lowest BCUT2D eigenvalue weighted by Gasteiger charge is -2.07. The molecule has 2 N–H and O–H groups in total. The topological polar surface area (TPSA) is 52.3 Å². The van der Waals surface area contributed by atoms with Gasteiger partial charge in [0.1, 0.15) is 11.6 Å². The molecule has 0 spiro atoms. The van der Waals surface area contributed by atoms with Crippen LogP contribution in [0.2, 0.25) is 0 Å². The van der Waals surface area contributed by atoms with Gasteiger partial charge in [0, 0.05) is 5.56 Å². The van der Waals surface area contributed by atoms with E-state index in [1.165, 1.54) is 36.4 Å². The molecular formula is C13H9F2NO2. The zero-order valence-electron chi connectivity index (χ0n) is 9.19. The SMILES string of the molecule is NC(=O)c1ccc(Oc2ccc(F)cc2)c(F)c1. The van der Waals surface area contributed by atoms with Crippen LogP contribution in [0.4, 0.5) is 8.78 Å². The van der Waals surface area contributed by atoms with Crippen LogP contribution in [0.25, 0.3) is 0 Å². The molecule has 0 heterocycles. The summed E-state index contributed by atoms with van der Waals surface area (Å²) in [4.78, 5) is 10.8. The molecule has 2 aromatic carbocycles. The molecule has 0 aromatic heterocycles. The summed E-state index contributed by atoms with van der Waals surface area (Å²) in [5.74, 6) is -1.61. The van der Waals surface area contributed by atoms with E-state index in [-0.39, 0.29) is 11.3 Å². The number of halogens is 2. The minimum atomic E-state index is -0.720. The van der Waals surface area contributed by atoms with E-state index in [0.29, 0.717) is 5.75 Å². The van der Waals surface area contributed by atoms with E-state index in [9.17, 15) is 13.6 Å². The molecule has 1 amide bonds. The van der Waals surface area contributed by atoms with Crippen molar-refractivity contribution in [3.63, 3.8) is 0 Å². The first-order valence-electron chi connectivity index (χ1n) is 5.09. The molecule has 0 aliphatic carbocycles. The first-order valence-corrected chi connectivity index (χ1v) is 5.09. The van der Waals surface area contributed by atoms with E-state index in [4.69, 9.17) is 10.5 Å². The molecule has 0 radical (unpaired) electrons. The van der Waals surface area contributed by atoms with Crippen LogP contribution < -0.4 is 10.5 Å². The Morgan fingerprint density at radius 1 is 1.06 bits per heavy atom. The van der Waals surface area contributed by atoms with Crippen LogP contribution in [0.5, 0.6) is 11.5 Å². The van der Waals surface area contributed by atoms with Crippen LogP contribution in [0.1, 0.15) is 10.4 Å². The fourth-order valence-corrected chi connectivity index (χ4v) is 1.37. The Labute approximate surface area is 102 Å². The van der Waals surface area contributed by atoms with Crippen molar-refractivity contribution in [2.45, 2.75) is 0 Å². The number of primary amides is 1. The van der Waals surface area contributed by atoms with Gasteiger partial charge in [0.15, 0.2) is 11.6 Å². The Kier molecular flexibility index (Phi) is 3.23. The number of rotatable bonds is 3. The number of carbonyl (C=O) groups excluding carboxylic acids is 1. The van der Waals surface area contributed by atoms with Gasteiger partial charge in [0.25, 0.3) is 0 Å². The fraction of sp³-hybridized carbons (Fsp3) is 0. The third-order valence-electron chi connectivity index (χ3n) is 2.26. The lowest BCUT2D eigenvalue weighted by atomic mass is 10.2. The molecule has 0 atom stereocenters. The number of hydrogen-bond acceptors (Lipinski definition) is 2. The second-order valence-corrected chi connectivity index (χ2v) is 3.57. The molecule has 0 saturated heterocycles. The average molecular weight is 249 g/mol. The van der Waals surface area contributed by atoms with Crippen LogP contribution in [-0.2, 0) is 0 Å². The molecule has 0 unspecified atom stereocenters. The van der Waals surface area contributed by atoms with Gasteiger partial charge in [-0.25, -0.2) is 8.78 Å². The van der Waals surface area contributed by atoms with E-state index in [1.54, 1.807) is 0 Å². The van der Waals surface area contributed by atoms with Crippen molar-refractivity contribution >= 4 is 5.91 Å². The molecule has 18 heavy (non-hydrogen) atoms. The summed E-state index contributed by atoms with van der Waals surface area (Å²) in [5, 5.41) is 0. The Balaban J connectivity index is 2.24. The van der Waals surface area contributed by atoms with E-state index in [0.717, 1.165) is 6.07 Å². The Hall–Kier alpha value is -2.43. The van der Waals surface area contributed by atoms with Crippen molar-refractivity contribution in [1.29, 1.82) is 0 Å². The Morgan fingerprint density at radius 2 is 1.72 bits per heavy atom. The van der Waals surface area contributed by atoms with Gasteiger partial charge in [-0.3, -0.25) is 4.79 Å². The minimum Gasteiger partial charge on any atom is -0.454 e. The Morgan fingerprint density at radius 3 is 2.28 bits per heavy atom. The fourth-order valence-electron chi connectivity index (χ4n) is 1.37. The largest absolute Gasteiger partial charge is 0.454 e. The third-order valence-corrected chi connectivity index (χ3v) is 2.26. The van der Waals surface area contributed by atoms with E-state index >= 15 is 0 Å². The minimum absolute atomic E-state index is 0.0546. The summed E-state index contributed by atoms with van der Waals surface area (Å²) in [6, 6.07) is 8.77. The summed E-state index contributed by atoms with van der Waals surface area (Å²) in [5.41, 5.74) is 5.07. The molecule has 2 rings (SSSR count). The van der Waals surface area contributed by atoms with Gasteiger partial charge in [-0.05, 0) is 42.5 Å². The molecule has 0 bridgehead atoms. The van der Waals surface area contributed by atoms with Crippen molar-refractivity contribution in [3.8, 4) is 11.5 Å². The lowest BCUT2D eigenvalue weighted by molar-refractivity contribution is 0.1000. The highest BCUT2D eigenvalue weighted by atomic mass is 19.1. The second kappa shape index (κ2) is 4.83. The number of hydrogen-bond donors (Lipinski definition) is 1. The lowest BCUT2D eigenvalue weighted by Crippen LogP contribution is -2.11. The van der Waals surface area contributed by atoms with Crippen LogP contribution in [0, 0.1) is 11.6 Å². The highest BCUT2D eigenvalue weighted by molar-refractivity contribution is 5.92. The van der Waals surface area contributed by atoms with Crippen molar-refractivity contribution in [3.05, 3.63) is 59.7 Å².